The normalized spacial score (nSPS) is 17.9. The summed E-state index contributed by atoms with van der Waals surface area (Å²) in [6, 6.07) is 4.51. The van der Waals surface area contributed by atoms with Crippen LogP contribution in [0.4, 0.5) is 17.6 Å². The molecule has 1 aromatic carbocycles. The summed E-state index contributed by atoms with van der Waals surface area (Å²) in [5, 5.41) is 13.1. The van der Waals surface area contributed by atoms with Crippen molar-refractivity contribution in [3.63, 3.8) is 0 Å². The number of fused-ring (bicyclic) bond motifs is 1. The Morgan fingerprint density at radius 2 is 1.90 bits per heavy atom. The molecule has 3 heterocycles. The van der Waals surface area contributed by atoms with Crippen LogP contribution in [0.2, 0.25) is 0 Å². The van der Waals surface area contributed by atoms with Crippen molar-refractivity contribution >= 4 is 17.6 Å². The van der Waals surface area contributed by atoms with E-state index in [2.05, 4.69) is 48.1 Å². The highest BCUT2D eigenvalue weighted by atomic mass is 16.3. The van der Waals surface area contributed by atoms with Crippen LogP contribution in [0.5, 0.6) is 0 Å². The molecule has 0 spiro atoms. The van der Waals surface area contributed by atoms with E-state index in [9.17, 15) is 5.11 Å². The maximum atomic E-state index is 9.80. The fourth-order valence-corrected chi connectivity index (χ4v) is 4.82. The van der Waals surface area contributed by atoms with Gasteiger partial charge in [0.15, 0.2) is 5.82 Å². The highest BCUT2D eigenvalue weighted by Gasteiger charge is 2.30. The molecule has 2 aromatic heterocycles. The summed E-state index contributed by atoms with van der Waals surface area (Å²) in [7, 11) is 0. The molecule has 1 fully saturated rings. The number of nitrogens with one attached hydrogen (secondary N) is 1. The van der Waals surface area contributed by atoms with Gasteiger partial charge >= 0.3 is 0 Å². The van der Waals surface area contributed by atoms with Gasteiger partial charge < -0.3 is 19.9 Å². The van der Waals surface area contributed by atoms with Gasteiger partial charge in [-0.1, -0.05) is 0 Å². The van der Waals surface area contributed by atoms with E-state index in [0.717, 1.165) is 61.7 Å². The van der Waals surface area contributed by atoms with Crippen molar-refractivity contribution < 1.29 is 5.11 Å². The molecular weight excluding hydrogens is 388 g/mol. The third-order valence-electron chi connectivity index (χ3n) is 6.80. The summed E-state index contributed by atoms with van der Waals surface area (Å²) < 4.78 is 2.03. The molecule has 7 heteroatoms. The first-order chi connectivity index (χ1) is 15.0. The van der Waals surface area contributed by atoms with Gasteiger partial charge in [-0.2, -0.15) is 4.98 Å². The molecule has 2 aliphatic rings. The lowest BCUT2D eigenvalue weighted by Gasteiger charge is -2.26. The van der Waals surface area contributed by atoms with Crippen molar-refractivity contribution in [2.75, 3.05) is 23.4 Å². The number of imidazole rings is 1. The number of aliphatic hydroxyl groups excluding tert-OH is 1. The average Bonchev–Trinajstić information content (AvgIpc) is 3.51. The van der Waals surface area contributed by atoms with Gasteiger partial charge in [-0.15, -0.1) is 0 Å². The quantitative estimate of drug-likeness (QED) is 0.656. The Morgan fingerprint density at radius 1 is 1.10 bits per heavy atom. The largest absolute Gasteiger partial charge is 0.394 e. The topological polar surface area (TPSA) is 79.1 Å². The number of rotatable bonds is 5. The number of nitrogens with zero attached hydrogens (tertiary/aromatic N) is 5. The average molecular weight is 419 g/mol. The standard InChI is InChI=1S/C24H30N6O/c1-15-10-19(11-16(2)17(15)3)29-12-22(25-14-29)27-24-26-21-8-4-7-20(21)23(28-24)30-9-5-6-18(30)13-31/h10-12,14,18,31H,4-9,13H2,1-3H3,(H,26,27,28)/t18-/m1/s1. The number of aliphatic hydroxyl groups is 1. The molecule has 0 amide bonds. The third kappa shape index (κ3) is 3.67. The number of aryl methyl sites for hydroxylation is 3. The molecule has 1 aliphatic heterocycles. The molecule has 31 heavy (non-hydrogen) atoms. The molecular formula is C24H30N6O. The molecule has 162 valence electrons. The highest BCUT2D eigenvalue weighted by Crippen LogP contribution is 2.34. The summed E-state index contributed by atoms with van der Waals surface area (Å²) >= 11 is 0. The van der Waals surface area contributed by atoms with Crippen molar-refractivity contribution in [2.24, 2.45) is 0 Å². The lowest BCUT2D eigenvalue weighted by atomic mass is 10.0. The Balaban J connectivity index is 1.44. The van der Waals surface area contributed by atoms with E-state index in [-0.39, 0.29) is 12.6 Å². The fraction of sp³-hybridized carbons (Fsp3) is 0.458. The van der Waals surface area contributed by atoms with Gasteiger partial charge in [0.2, 0.25) is 5.95 Å². The van der Waals surface area contributed by atoms with Gasteiger partial charge in [0.05, 0.1) is 24.5 Å². The maximum absolute atomic E-state index is 9.80. The number of aromatic nitrogens is 4. The lowest BCUT2D eigenvalue weighted by Crippen LogP contribution is -2.33. The zero-order chi connectivity index (χ0) is 21.5. The maximum Gasteiger partial charge on any atom is 0.230 e. The summed E-state index contributed by atoms with van der Waals surface area (Å²) in [5.74, 6) is 2.30. The van der Waals surface area contributed by atoms with E-state index in [1.807, 2.05) is 17.1 Å². The van der Waals surface area contributed by atoms with Gasteiger partial charge in [0.1, 0.15) is 12.1 Å². The van der Waals surface area contributed by atoms with Crippen molar-refractivity contribution in [3.05, 3.63) is 52.6 Å². The minimum atomic E-state index is 0.152. The van der Waals surface area contributed by atoms with Crippen LogP contribution in [0.3, 0.4) is 0 Å². The molecule has 1 saturated heterocycles. The first kappa shape index (κ1) is 20.0. The molecule has 0 saturated carbocycles. The number of hydrogen-bond acceptors (Lipinski definition) is 6. The van der Waals surface area contributed by atoms with Gasteiger partial charge in [-0.3, -0.25) is 0 Å². The second-order valence-electron chi connectivity index (χ2n) is 8.82. The monoisotopic (exact) mass is 418 g/mol. The van der Waals surface area contributed by atoms with Gasteiger partial charge in [0.25, 0.3) is 0 Å². The van der Waals surface area contributed by atoms with Crippen molar-refractivity contribution in [1.82, 2.24) is 19.5 Å². The Labute approximate surface area is 183 Å². The van der Waals surface area contributed by atoms with Crippen LogP contribution in [0.15, 0.2) is 24.7 Å². The zero-order valence-electron chi connectivity index (χ0n) is 18.5. The van der Waals surface area contributed by atoms with E-state index in [0.29, 0.717) is 5.95 Å². The second-order valence-corrected chi connectivity index (χ2v) is 8.82. The fourth-order valence-electron chi connectivity index (χ4n) is 4.82. The zero-order valence-corrected chi connectivity index (χ0v) is 18.5. The van der Waals surface area contributed by atoms with E-state index in [1.54, 1.807) is 0 Å². The lowest BCUT2D eigenvalue weighted by molar-refractivity contribution is 0.266. The molecule has 1 atom stereocenters. The predicted octanol–water partition coefficient (Wildman–Crippen LogP) is 3.78. The minimum Gasteiger partial charge on any atom is -0.394 e. The Hall–Kier alpha value is -2.93. The van der Waals surface area contributed by atoms with Crippen LogP contribution >= 0.6 is 0 Å². The van der Waals surface area contributed by atoms with Gasteiger partial charge in [-0.25, -0.2) is 9.97 Å². The molecule has 0 bridgehead atoms. The second kappa shape index (κ2) is 7.96. The number of anilines is 3. The first-order valence-electron chi connectivity index (χ1n) is 11.2. The smallest absolute Gasteiger partial charge is 0.230 e. The molecule has 0 unspecified atom stereocenters. The van der Waals surface area contributed by atoms with E-state index in [1.165, 1.54) is 22.3 Å². The summed E-state index contributed by atoms with van der Waals surface area (Å²) in [6.45, 7) is 7.54. The van der Waals surface area contributed by atoms with Crippen molar-refractivity contribution in [3.8, 4) is 5.69 Å². The summed E-state index contributed by atoms with van der Waals surface area (Å²) in [6.07, 6.45) is 9.01. The first-order valence-corrected chi connectivity index (χ1v) is 11.2. The number of benzene rings is 1. The van der Waals surface area contributed by atoms with Gasteiger partial charge in [0, 0.05) is 17.8 Å². The van der Waals surface area contributed by atoms with E-state index < -0.39 is 0 Å². The summed E-state index contributed by atoms with van der Waals surface area (Å²) in [5.41, 5.74) is 7.34. The Morgan fingerprint density at radius 3 is 2.68 bits per heavy atom. The Bertz CT molecular complexity index is 1100. The SMILES string of the molecule is Cc1cc(-n2cnc(Nc3nc4c(c(N5CCC[C@@H]5CO)n3)CCC4)c2)cc(C)c1C. The summed E-state index contributed by atoms with van der Waals surface area (Å²) in [4.78, 5) is 16.5. The van der Waals surface area contributed by atoms with Crippen LogP contribution in [-0.2, 0) is 12.8 Å². The molecule has 7 nitrogen and oxygen atoms in total. The predicted molar refractivity (Wildman–Crippen MR) is 123 cm³/mol. The van der Waals surface area contributed by atoms with Crippen LogP contribution in [0.1, 0.15) is 47.2 Å². The van der Waals surface area contributed by atoms with Crippen LogP contribution in [0.25, 0.3) is 5.69 Å². The van der Waals surface area contributed by atoms with Gasteiger partial charge in [-0.05, 0) is 81.7 Å². The molecule has 5 rings (SSSR count). The Kier molecular flexibility index (Phi) is 5.14. The molecule has 0 radical (unpaired) electrons. The molecule has 2 N–H and O–H groups in total. The highest BCUT2D eigenvalue weighted by molar-refractivity contribution is 5.59. The van der Waals surface area contributed by atoms with Crippen LogP contribution in [0, 0.1) is 20.8 Å². The van der Waals surface area contributed by atoms with Crippen molar-refractivity contribution in [1.29, 1.82) is 0 Å². The molecule has 1 aliphatic carbocycles. The van der Waals surface area contributed by atoms with Crippen LogP contribution in [-0.4, -0.2) is 43.8 Å². The number of hydrogen-bond donors (Lipinski definition) is 2. The minimum absolute atomic E-state index is 0.152. The van der Waals surface area contributed by atoms with Crippen molar-refractivity contribution in [2.45, 2.75) is 58.9 Å². The third-order valence-corrected chi connectivity index (χ3v) is 6.80. The van der Waals surface area contributed by atoms with Crippen LogP contribution < -0.4 is 10.2 Å². The molecule has 3 aromatic rings. The van der Waals surface area contributed by atoms with E-state index >= 15 is 0 Å². The van der Waals surface area contributed by atoms with E-state index in [4.69, 9.17) is 9.97 Å².